The Bertz CT molecular complexity index is 773. The van der Waals surface area contributed by atoms with Crippen LogP contribution in [0.5, 0.6) is 0 Å². The molecule has 0 unspecified atom stereocenters. The molecular formula is C21H29ClN6O. The molecule has 0 saturated carbocycles. The van der Waals surface area contributed by atoms with E-state index in [9.17, 15) is 0 Å². The Morgan fingerprint density at radius 3 is 1.83 bits per heavy atom. The molecule has 0 aliphatic carbocycles. The lowest BCUT2D eigenvalue weighted by molar-refractivity contribution is 0.188. The molecule has 2 fully saturated rings. The van der Waals surface area contributed by atoms with Crippen molar-refractivity contribution in [2.24, 2.45) is 0 Å². The molecule has 0 bridgehead atoms. The second kappa shape index (κ2) is 9.71. The summed E-state index contributed by atoms with van der Waals surface area (Å²) in [6.07, 6.45) is 0. The van der Waals surface area contributed by atoms with E-state index in [1.165, 1.54) is 5.56 Å². The SMILES string of the molecule is OCCN1CCN(c2ccc(N3CCN(Cc4ccccc4Cl)CC3)nn2)CC1. The van der Waals surface area contributed by atoms with Gasteiger partial charge in [0.2, 0.25) is 0 Å². The number of β-amino-alcohol motifs (C(OH)–C–C–N with tert-alkyl or cyclic N) is 1. The van der Waals surface area contributed by atoms with Crippen molar-refractivity contribution in [3.63, 3.8) is 0 Å². The number of hydrogen-bond acceptors (Lipinski definition) is 7. The minimum Gasteiger partial charge on any atom is -0.395 e. The zero-order valence-corrected chi connectivity index (χ0v) is 17.5. The molecule has 2 aliphatic heterocycles. The fraction of sp³-hybridized carbons (Fsp3) is 0.524. The summed E-state index contributed by atoms with van der Waals surface area (Å²) in [6, 6.07) is 12.2. The summed E-state index contributed by atoms with van der Waals surface area (Å²) in [5.41, 5.74) is 1.19. The highest BCUT2D eigenvalue weighted by molar-refractivity contribution is 6.31. The second-order valence-corrected chi connectivity index (χ2v) is 8.06. The van der Waals surface area contributed by atoms with Crippen LogP contribution in [-0.4, -0.2) is 90.6 Å². The first kappa shape index (κ1) is 20.3. The summed E-state index contributed by atoms with van der Waals surface area (Å²) in [4.78, 5) is 9.29. The van der Waals surface area contributed by atoms with Crippen molar-refractivity contribution in [1.82, 2.24) is 20.0 Å². The average Bonchev–Trinajstić information content (AvgIpc) is 2.77. The van der Waals surface area contributed by atoms with E-state index < -0.39 is 0 Å². The van der Waals surface area contributed by atoms with E-state index in [0.29, 0.717) is 0 Å². The number of anilines is 2. The molecule has 0 spiro atoms. The van der Waals surface area contributed by atoms with Crippen molar-refractivity contribution in [2.45, 2.75) is 6.54 Å². The molecule has 0 atom stereocenters. The number of aliphatic hydroxyl groups excluding tert-OH is 1. The number of aromatic nitrogens is 2. The van der Waals surface area contributed by atoms with Gasteiger partial charge in [0.1, 0.15) is 0 Å². The number of benzene rings is 1. The van der Waals surface area contributed by atoms with Crippen molar-refractivity contribution in [3.05, 3.63) is 47.0 Å². The van der Waals surface area contributed by atoms with Crippen LogP contribution < -0.4 is 9.80 Å². The largest absolute Gasteiger partial charge is 0.395 e. The Morgan fingerprint density at radius 1 is 0.759 bits per heavy atom. The topological polar surface area (TPSA) is 59.0 Å². The predicted molar refractivity (Wildman–Crippen MR) is 117 cm³/mol. The van der Waals surface area contributed by atoms with Crippen molar-refractivity contribution < 1.29 is 5.11 Å². The van der Waals surface area contributed by atoms with E-state index in [4.69, 9.17) is 16.7 Å². The van der Waals surface area contributed by atoms with E-state index >= 15 is 0 Å². The maximum Gasteiger partial charge on any atom is 0.151 e. The van der Waals surface area contributed by atoms with E-state index in [-0.39, 0.29) is 6.61 Å². The number of rotatable bonds is 6. The normalized spacial score (nSPS) is 19.0. The minimum atomic E-state index is 0.222. The van der Waals surface area contributed by atoms with Crippen LogP contribution in [0.15, 0.2) is 36.4 Å². The van der Waals surface area contributed by atoms with Crippen LogP contribution in [-0.2, 0) is 6.54 Å². The summed E-state index contributed by atoms with van der Waals surface area (Å²) < 4.78 is 0. The van der Waals surface area contributed by atoms with Crippen molar-refractivity contribution in [1.29, 1.82) is 0 Å². The molecule has 8 heteroatoms. The number of halogens is 1. The highest BCUT2D eigenvalue weighted by Crippen LogP contribution is 2.20. The van der Waals surface area contributed by atoms with Crippen LogP contribution in [0.2, 0.25) is 5.02 Å². The highest BCUT2D eigenvalue weighted by Gasteiger charge is 2.21. The van der Waals surface area contributed by atoms with Crippen LogP contribution in [0.25, 0.3) is 0 Å². The summed E-state index contributed by atoms with van der Waals surface area (Å²) in [7, 11) is 0. The Labute approximate surface area is 177 Å². The Balaban J connectivity index is 1.28. The van der Waals surface area contributed by atoms with Gasteiger partial charge in [-0.25, -0.2) is 0 Å². The van der Waals surface area contributed by atoms with Gasteiger partial charge in [0.15, 0.2) is 11.6 Å². The smallest absolute Gasteiger partial charge is 0.151 e. The highest BCUT2D eigenvalue weighted by atomic mass is 35.5. The molecule has 2 aromatic rings. The third-order valence-corrected chi connectivity index (χ3v) is 6.17. The molecule has 1 aromatic heterocycles. The number of nitrogens with zero attached hydrogens (tertiary/aromatic N) is 6. The predicted octanol–water partition coefficient (Wildman–Crippen LogP) is 1.57. The molecule has 3 heterocycles. The minimum absolute atomic E-state index is 0.222. The first-order valence-corrected chi connectivity index (χ1v) is 10.7. The molecule has 1 N–H and O–H groups in total. The van der Waals surface area contributed by atoms with Crippen molar-refractivity contribution >= 4 is 23.2 Å². The molecular weight excluding hydrogens is 388 g/mol. The standard InChI is InChI=1S/C21H29ClN6O/c22-19-4-2-1-3-18(19)17-26-9-13-28(14-10-26)21-6-5-20(23-24-21)27-11-7-25(8-12-27)15-16-29/h1-6,29H,7-17H2. The zero-order valence-electron chi connectivity index (χ0n) is 16.8. The second-order valence-electron chi connectivity index (χ2n) is 7.66. The van der Waals surface area contributed by atoms with Crippen molar-refractivity contribution in [2.75, 3.05) is 75.3 Å². The number of hydrogen-bond donors (Lipinski definition) is 1. The van der Waals surface area contributed by atoms with E-state index in [1.54, 1.807) is 0 Å². The third-order valence-electron chi connectivity index (χ3n) is 5.80. The summed E-state index contributed by atoms with van der Waals surface area (Å²) in [6.45, 7) is 9.49. The fourth-order valence-electron chi connectivity index (χ4n) is 4.00. The summed E-state index contributed by atoms with van der Waals surface area (Å²) in [5.74, 6) is 1.89. The van der Waals surface area contributed by atoms with Crippen LogP contribution in [0.1, 0.15) is 5.56 Å². The van der Waals surface area contributed by atoms with Gasteiger partial charge in [0, 0.05) is 70.5 Å². The monoisotopic (exact) mass is 416 g/mol. The molecule has 2 aliphatic rings. The number of piperazine rings is 2. The fourth-order valence-corrected chi connectivity index (χ4v) is 4.20. The van der Waals surface area contributed by atoms with Crippen LogP contribution in [0.4, 0.5) is 11.6 Å². The van der Waals surface area contributed by atoms with Gasteiger partial charge in [-0.2, -0.15) is 0 Å². The Morgan fingerprint density at radius 2 is 1.31 bits per heavy atom. The van der Waals surface area contributed by atoms with E-state index in [2.05, 4.69) is 48.0 Å². The summed E-state index contributed by atoms with van der Waals surface area (Å²) >= 11 is 6.30. The average molecular weight is 417 g/mol. The van der Waals surface area contributed by atoms with Gasteiger partial charge in [-0.15, -0.1) is 10.2 Å². The molecule has 4 rings (SSSR count). The Kier molecular flexibility index (Phi) is 6.82. The molecule has 156 valence electrons. The van der Waals surface area contributed by atoms with Gasteiger partial charge < -0.3 is 14.9 Å². The Hall–Kier alpha value is -1.93. The van der Waals surface area contributed by atoms with Gasteiger partial charge >= 0.3 is 0 Å². The van der Waals surface area contributed by atoms with Gasteiger partial charge in [-0.1, -0.05) is 29.8 Å². The molecule has 7 nitrogen and oxygen atoms in total. The lowest BCUT2D eigenvalue weighted by Crippen LogP contribution is -2.47. The maximum atomic E-state index is 9.07. The molecule has 2 saturated heterocycles. The number of aliphatic hydroxyl groups is 1. The van der Waals surface area contributed by atoms with Gasteiger partial charge in [-0.3, -0.25) is 9.80 Å². The van der Waals surface area contributed by atoms with Crippen molar-refractivity contribution in [3.8, 4) is 0 Å². The van der Waals surface area contributed by atoms with Gasteiger partial charge in [0.25, 0.3) is 0 Å². The lowest BCUT2D eigenvalue weighted by atomic mass is 10.2. The maximum absolute atomic E-state index is 9.07. The van der Waals surface area contributed by atoms with Crippen LogP contribution >= 0.6 is 11.6 Å². The van der Waals surface area contributed by atoms with Gasteiger partial charge in [0.05, 0.1) is 6.61 Å². The first-order valence-electron chi connectivity index (χ1n) is 10.4. The third kappa shape index (κ3) is 5.17. The zero-order chi connectivity index (χ0) is 20.1. The van der Waals surface area contributed by atoms with Crippen LogP contribution in [0.3, 0.4) is 0 Å². The lowest BCUT2D eigenvalue weighted by Gasteiger charge is -2.36. The molecule has 0 amide bonds. The molecule has 29 heavy (non-hydrogen) atoms. The first-order chi connectivity index (χ1) is 14.2. The van der Waals surface area contributed by atoms with E-state index in [1.807, 2.05) is 18.2 Å². The quantitative estimate of drug-likeness (QED) is 0.766. The van der Waals surface area contributed by atoms with Gasteiger partial charge in [-0.05, 0) is 23.8 Å². The molecule has 0 radical (unpaired) electrons. The van der Waals surface area contributed by atoms with E-state index in [0.717, 1.165) is 82.1 Å². The molecule has 1 aromatic carbocycles. The summed E-state index contributed by atoms with van der Waals surface area (Å²) in [5, 5.41) is 18.9. The van der Waals surface area contributed by atoms with Crippen LogP contribution in [0, 0.1) is 0 Å².